The summed E-state index contributed by atoms with van der Waals surface area (Å²) in [5, 5.41) is 11.3. The van der Waals surface area contributed by atoms with Crippen molar-refractivity contribution in [2.24, 2.45) is 17.8 Å². The van der Waals surface area contributed by atoms with Crippen molar-refractivity contribution in [3.05, 3.63) is 106 Å². The Labute approximate surface area is 560 Å². The molecule has 4 rings (SSSR count). The van der Waals surface area contributed by atoms with Crippen molar-refractivity contribution in [3.8, 4) is 0 Å². The first kappa shape index (κ1) is 79.3. The molecule has 22 nitrogen and oxygen atoms in total. The van der Waals surface area contributed by atoms with Crippen LogP contribution in [0.15, 0.2) is 72.8 Å². The second-order valence-electron chi connectivity index (χ2n) is 26.3. The molecule has 95 heavy (non-hydrogen) atoms. The van der Waals surface area contributed by atoms with Gasteiger partial charge in [0.15, 0.2) is 0 Å². The topological polar surface area (TPSA) is 259 Å². The first-order chi connectivity index (χ1) is 44.2. The van der Waals surface area contributed by atoms with Gasteiger partial charge in [-0.2, -0.15) is 13.2 Å². The number of hydrogen-bond donors (Lipinski definition) is 4. The van der Waals surface area contributed by atoms with Gasteiger partial charge in [-0.3, -0.25) is 52.7 Å². The summed E-state index contributed by atoms with van der Waals surface area (Å²) in [4.78, 5) is 168. The summed E-state index contributed by atoms with van der Waals surface area (Å²) in [5.74, 6) is -10.6. The van der Waals surface area contributed by atoms with E-state index in [1.165, 1.54) is 73.0 Å². The molecule has 0 saturated carbocycles. The van der Waals surface area contributed by atoms with Crippen LogP contribution in [0.1, 0.15) is 117 Å². The van der Waals surface area contributed by atoms with Gasteiger partial charge in [-0.25, -0.2) is 4.39 Å². The summed E-state index contributed by atoms with van der Waals surface area (Å²) in [6.07, 6.45) is -5.66. The normalized spacial score (nSPS) is 23.0. The Balaban J connectivity index is 1.87. The third kappa shape index (κ3) is 22.5. The van der Waals surface area contributed by atoms with Gasteiger partial charge in [0.05, 0.1) is 25.2 Å². The molecular weight excluding hydrogens is 1260 g/mol. The summed E-state index contributed by atoms with van der Waals surface area (Å²) in [7, 11) is 9.50. The third-order valence-corrected chi connectivity index (χ3v) is 17.8. The number of benzene rings is 3. The number of rotatable bonds is 13. The largest absolute Gasteiger partial charge is 0.419 e. The molecule has 27 heteroatoms. The molecule has 1 fully saturated rings. The summed E-state index contributed by atoms with van der Waals surface area (Å²) < 4.78 is 56.0. The second-order valence-corrected chi connectivity index (χ2v) is 26.8. The van der Waals surface area contributed by atoms with E-state index in [4.69, 9.17) is 11.6 Å². The molecule has 0 bridgehead atoms. The van der Waals surface area contributed by atoms with E-state index in [9.17, 15) is 65.5 Å². The fourth-order valence-electron chi connectivity index (χ4n) is 10.8. The maximum absolute atomic E-state index is 15.0. The fourth-order valence-corrected chi connectivity index (χ4v) is 10.9. The highest BCUT2D eigenvalue weighted by Crippen LogP contribution is 2.32. The van der Waals surface area contributed by atoms with Crippen LogP contribution in [0.4, 0.5) is 17.6 Å². The quantitative estimate of drug-likeness (QED) is 0.155. The summed E-state index contributed by atoms with van der Waals surface area (Å²) in [6, 6.07) is 8.21. The molecule has 0 radical (unpaired) electrons. The van der Waals surface area contributed by atoms with Gasteiger partial charge in [0.1, 0.15) is 47.6 Å². The Bertz CT molecular complexity index is 3210. The monoisotopic (exact) mass is 1350 g/mol. The van der Waals surface area contributed by atoms with Crippen LogP contribution in [0, 0.1) is 23.6 Å². The van der Waals surface area contributed by atoms with E-state index in [0.717, 1.165) is 30.6 Å². The van der Waals surface area contributed by atoms with Crippen LogP contribution in [0.2, 0.25) is 5.02 Å². The zero-order valence-corrected chi connectivity index (χ0v) is 58.2. The molecule has 3 aromatic rings. The summed E-state index contributed by atoms with van der Waals surface area (Å²) >= 11 is 6.20. The van der Waals surface area contributed by atoms with Gasteiger partial charge >= 0.3 is 6.18 Å². The molecule has 524 valence electrons. The highest BCUT2D eigenvalue weighted by molar-refractivity contribution is 6.30. The SMILES string of the molecule is CC[C@H](C)[C@@H]1NC(=O)[C@H](CC(C)C)N(C)C(=O)C[C@@H](C)N(C)C(=O)[C@H](CC(C)C)NC(=O)C(C)(C)N(C)C(=O)[C@H](Cc2ccccc2)NC(=O)[C@H](CCc2ccc(C(F)(F)F)c(F)c2)NC(=O)CN(C)C(=O)[C@H](Cc2ccc(Cl)cc2)N(C)C(=O)CN(C)C(=O)CN(C)C1=O. The lowest BCUT2D eigenvalue weighted by Gasteiger charge is -2.38. The van der Waals surface area contributed by atoms with Crippen LogP contribution in [-0.2, 0) is 78.2 Å². The van der Waals surface area contributed by atoms with Gasteiger partial charge in [-0.05, 0) is 105 Å². The zero-order valence-electron chi connectivity index (χ0n) is 57.5. The van der Waals surface area contributed by atoms with Crippen molar-refractivity contribution in [1.29, 1.82) is 0 Å². The zero-order chi connectivity index (χ0) is 71.7. The Morgan fingerprint density at radius 1 is 0.568 bits per heavy atom. The molecule has 0 aromatic heterocycles. The van der Waals surface area contributed by atoms with E-state index in [1.807, 2.05) is 34.6 Å². The predicted molar refractivity (Wildman–Crippen MR) is 351 cm³/mol. The van der Waals surface area contributed by atoms with Crippen molar-refractivity contribution >= 4 is 76.6 Å². The van der Waals surface area contributed by atoms with Gasteiger partial charge in [0.25, 0.3) is 0 Å². The van der Waals surface area contributed by atoms with Gasteiger partial charge < -0.3 is 55.6 Å². The lowest BCUT2D eigenvalue weighted by Crippen LogP contribution is -2.63. The van der Waals surface area contributed by atoms with Crippen LogP contribution in [0.25, 0.3) is 0 Å². The van der Waals surface area contributed by atoms with Crippen LogP contribution in [-0.4, -0.2) is 216 Å². The fraction of sp³-hybridized carbons (Fsp3) is 0.574. The number of carbonyl (C=O) groups excluding carboxylic acids is 11. The van der Waals surface area contributed by atoms with Crippen LogP contribution >= 0.6 is 11.6 Å². The third-order valence-electron chi connectivity index (χ3n) is 17.6. The summed E-state index contributed by atoms with van der Waals surface area (Å²) in [5.41, 5.74) is -2.25. The van der Waals surface area contributed by atoms with E-state index in [0.29, 0.717) is 34.7 Å². The number of aryl methyl sites for hydroxylation is 1. The Morgan fingerprint density at radius 2 is 1.13 bits per heavy atom. The molecule has 4 N–H and O–H groups in total. The van der Waals surface area contributed by atoms with Crippen molar-refractivity contribution < 1.29 is 70.3 Å². The number of nitrogens with zero attached hydrogens (tertiary/aromatic N) is 7. The number of hydrogen-bond acceptors (Lipinski definition) is 11. The minimum Gasteiger partial charge on any atom is -0.343 e. The molecule has 1 aliphatic heterocycles. The molecule has 1 heterocycles. The molecular formula is C68H96ClF4N11O11. The average Bonchev–Trinajstić information content (AvgIpc) is 0.834. The Hall–Kier alpha value is -8.16. The molecule has 0 aliphatic carbocycles. The second kappa shape index (κ2) is 35.0. The number of nitrogens with one attached hydrogen (secondary N) is 4. The smallest absolute Gasteiger partial charge is 0.343 e. The van der Waals surface area contributed by atoms with Gasteiger partial charge in [-0.15, -0.1) is 0 Å². The lowest BCUT2D eigenvalue weighted by molar-refractivity contribution is -0.149. The number of carbonyl (C=O) groups is 11. The van der Waals surface area contributed by atoms with Crippen LogP contribution in [0.5, 0.6) is 0 Å². The van der Waals surface area contributed by atoms with Crippen molar-refractivity contribution in [3.63, 3.8) is 0 Å². The molecule has 11 amide bonds. The van der Waals surface area contributed by atoms with Gasteiger partial charge in [0.2, 0.25) is 65.0 Å². The number of amides is 11. The molecule has 3 aromatic carbocycles. The lowest BCUT2D eigenvalue weighted by atomic mass is 9.95. The molecule has 1 saturated heterocycles. The summed E-state index contributed by atoms with van der Waals surface area (Å²) in [6.45, 7) is 13.5. The van der Waals surface area contributed by atoms with Crippen molar-refractivity contribution in [1.82, 2.24) is 55.6 Å². The average molecular weight is 1360 g/mol. The van der Waals surface area contributed by atoms with Gasteiger partial charge in [-0.1, -0.05) is 108 Å². The first-order valence-electron chi connectivity index (χ1n) is 31.8. The molecule has 1 aliphatic rings. The van der Waals surface area contributed by atoms with Crippen molar-refractivity contribution in [2.45, 2.75) is 168 Å². The van der Waals surface area contributed by atoms with Crippen LogP contribution < -0.4 is 21.3 Å². The minimum absolute atomic E-state index is 0.00125. The van der Waals surface area contributed by atoms with E-state index < -0.39 is 162 Å². The molecule has 0 spiro atoms. The van der Waals surface area contributed by atoms with E-state index in [2.05, 4.69) is 21.3 Å². The highest BCUT2D eigenvalue weighted by atomic mass is 35.5. The maximum atomic E-state index is 15.0. The number of halogens is 5. The minimum atomic E-state index is -5.03. The van der Waals surface area contributed by atoms with Gasteiger partial charge in [0, 0.05) is 79.7 Å². The van der Waals surface area contributed by atoms with Crippen LogP contribution in [0.3, 0.4) is 0 Å². The predicted octanol–water partition coefficient (Wildman–Crippen LogP) is 5.51. The molecule has 8 atom stereocenters. The van der Waals surface area contributed by atoms with E-state index in [1.54, 1.807) is 68.4 Å². The Kier molecular flexibility index (Phi) is 29.2. The van der Waals surface area contributed by atoms with E-state index in [-0.39, 0.29) is 55.9 Å². The maximum Gasteiger partial charge on any atom is 0.419 e. The Morgan fingerprint density at radius 3 is 1.69 bits per heavy atom. The number of likely N-dealkylation sites (N-methyl/N-ethyl adjacent to an activating group) is 7. The van der Waals surface area contributed by atoms with Crippen molar-refractivity contribution in [2.75, 3.05) is 69.0 Å². The van der Waals surface area contributed by atoms with E-state index >= 15 is 4.79 Å². The molecule has 0 unspecified atom stereocenters. The highest BCUT2D eigenvalue weighted by Gasteiger charge is 2.43. The first-order valence-corrected chi connectivity index (χ1v) is 32.2. The standard InChI is InChI=1S/C68H96ClF4N11O11/c1-17-42(6)59-65(94)80(12)38-57(87)78(10)39-58(88)83(15)54(36-46-23-27-47(69)28-24-46)64(93)79(11)37-55(85)74-50(30-26-45-25-29-48(49(70)34-45)68(71,72)73)60(89)75-52(35-44-21-19-18-20-22-44)63(92)84(16)67(8,9)66(95)76-51(31-40(2)3)62(91)81(13)43(7)33-56(86)82(14)53(32-41(4)5)61(90)77-59/h18-25,27-29,34,40-43,50-54,59H,17,26,30-33,35-39H2,1-16H3,(H,74,85)(H,75,89)(H,76,95)(H,77,90)/t42-,43+,50-,51-,52-,53-,54-,59-/m0/s1. The number of alkyl halides is 3.